The van der Waals surface area contributed by atoms with Crippen molar-refractivity contribution < 1.29 is 10.0 Å². The molecular weight excluding hydrogens is 208 g/mol. The summed E-state index contributed by atoms with van der Waals surface area (Å²) in [5.74, 6) is 0. The maximum absolute atomic E-state index is 10.7. The summed E-state index contributed by atoms with van der Waals surface area (Å²) in [6.07, 6.45) is 0. The van der Waals surface area contributed by atoms with Gasteiger partial charge in [-0.25, -0.2) is 0 Å². The molecule has 0 unspecified atom stereocenters. The predicted molar refractivity (Wildman–Crippen MR) is 61.1 cm³/mol. The minimum Gasteiger partial charge on any atom is -0.389 e. The SMILES string of the molecule is CC(C)(O)CNCc1ccccc1[N+](=O)[O-]. The van der Waals surface area contributed by atoms with Gasteiger partial charge in [-0.2, -0.15) is 0 Å². The number of rotatable bonds is 5. The summed E-state index contributed by atoms with van der Waals surface area (Å²) < 4.78 is 0. The molecule has 16 heavy (non-hydrogen) atoms. The van der Waals surface area contributed by atoms with E-state index in [9.17, 15) is 15.2 Å². The molecule has 0 aliphatic rings. The first-order chi connectivity index (χ1) is 7.40. The van der Waals surface area contributed by atoms with E-state index < -0.39 is 10.5 Å². The predicted octanol–water partition coefficient (Wildman–Crippen LogP) is 1.46. The van der Waals surface area contributed by atoms with Crippen LogP contribution in [0.3, 0.4) is 0 Å². The van der Waals surface area contributed by atoms with Gasteiger partial charge in [-0.15, -0.1) is 0 Å². The van der Waals surface area contributed by atoms with Crippen molar-refractivity contribution in [2.75, 3.05) is 6.54 Å². The second-order valence-corrected chi connectivity index (χ2v) is 4.30. The van der Waals surface area contributed by atoms with Crippen molar-refractivity contribution in [1.82, 2.24) is 5.32 Å². The van der Waals surface area contributed by atoms with Crippen LogP contribution < -0.4 is 5.32 Å². The van der Waals surface area contributed by atoms with Crippen LogP contribution in [0.25, 0.3) is 0 Å². The van der Waals surface area contributed by atoms with Crippen molar-refractivity contribution in [2.45, 2.75) is 26.0 Å². The molecule has 0 bridgehead atoms. The number of nitro groups is 1. The Balaban J connectivity index is 2.64. The average molecular weight is 224 g/mol. The summed E-state index contributed by atoms with van der Waals surface area (Å²) >= 11 is 0. The molecular formula is C11H16N2O3. The van der Waals surface area contributed by atoms with E-state index in [2.05, 4.69) is 5.32 Å². The van der Waals surface area contributed by atoms with Crippen molar-refractivity contribution in [3.63, 3.8) is 0 Å². The van der Waals surface area contributed by atoms with Gasteiger partial charge >= 0.3 is 0 Å². The fraction of sp³-hybridized carbons (Fsp3) is 0.455. The van der Waals surface area contributed by atoms with Gasteiger partial charge in [0.2, 0.25) is 0 Å². The zero-order valence-electron chi connectivity index (χ0n) is 9.43. The van der Waals surface area contributed by atoms with Gasteiger partial charge in [-0.1, -0.05) is 18.2 Å². The third-order valence-electron chi connectivity index (χ3n) is 2.06. The lowest BCUT2D eigenvalue weighted by Crippen LogP contribution is -2.34. The Kier molecular flexibility index (Phi) is 3.98. The molecule has 0 saturated carbocycles. The molecule has 0 aliphatic heterocycles. The van der Waals surface area contributed by atoms with Crippen molar-refractivity contribution in [2.24, 2.45) is 0 Å². The molecule has 5 heteroatoms. The molecule has 88 valence electrons. The number of benzene rings is 1. The summed E-state index contributed by atoms with van der Waals surface area (Å²) in [4.78, 5) is 10.3. The monoisotopic (exact) mass is 224 g/mol. The van der Waals surface area contributed by atoms with E-state index in [-0.39, 0.29) is 5.69 Å². The van der Waals surface area contributed by atoms with Crippen LogP contribution in [-0.2, 0) is 6.54 Å². The highest BCUT2D eigenvalue weighted by Gasteiger charge is 2.14. The first-order valence-electron chi connectivity index (χ1n) is 5.05. The molecule has 0 amide bonds. The third-order valence-corrected chi connectivity index (χ3v) is 2.06. The fourth-order valence-electron chi connectivity index (χ4n) is 1.34. The smallest absolute Gasteiger partial charge is 0.273 e. The molecule has 1 aromatic carbocycles. The van der Waals surface area contributed by atoms with Gasteiger partial charge in [-0.05, 0) is 13.8 Å². The van der Waals surface area contributed by atoms with Crippen LogP contribution in [0.2, 0.25) is 0 Å². The number of aliphatic hydroxyl groups is 1. The van der Waals surface area contributed by atoms with E-state index in [1.165, 1.54) is 6.07 Å². The van der Waals surface area contributed by atoms with E-state index in [0.29, 0.717) is 18.7 Å². The molecule has 0 fully saturated rings. The normalized spacial score (nSPS) is 11.4. The lowest BCUT2D eigenvalue weighted by molar-refractivity contribution is -0.385. The fourth-order valence-corrected chi connectivity index (χ4v) is 1.34. The van der Waals surface area contributed by atoms with Crippen LogP contribution in [0.5, 0.6) is 0 Å². The summed E-state index contributed by atoms with van der Waals surface area (Å²) in [6.45, 7) is 4.12. The number of hydrogen-bond acceptors (Lipinski definition) is 4. The summed E-state index contributed by atoms with van der Waals surface area (Å²) in [7, 11) is 0. The summed E-state index contributed by atoms with van der Waals surface area (Å²) in [5, 5.41) is 23.2. The van der Waals surface area contributed by atoms with Crippen molar-refractivity contribution in [1.29, 1.82) is 0 Å². The van der Waals surface area contributed by atoms with E-state index in [4.69, 9.17) is 0 Å². The van der Waals surface area contributed by atoms with Crippen molar-refractivity contribution in [3.8, 4) is 0 Å². The average Bonchev–Trinajstić information content (AvgIpc) is 2.16. The molecule has 0 heterocycles. The van der Waals surface area contributed by atoms with E-state index in [1.807, 2.05) is 0 Å². The Hall–Kier alpha value is -1.46. The molecule has 2 N–H and O–H groups in total. The van der Waals surface area contributed by atoms with Crippen LogP contribution in [-0.4, -0.2) is 22.2 Å². The first-order valence-corrected chi connectivity index (χ1v) is 5.05. The maximum atomic E-state index is 10.7. The molecule has 0 spiro atoms. The molecule has 0 radical (unpaired) electrons. The highest BCUT2D eigenvalue weighted by Crippen LogP contribution is 2.17. The van der Waals surface area contributed by atoms with Gasteiger partial charge < -0.3 is 10.4 Å². The molecule has 0 saturated heterocycles. The number of hydrogen-bond donors (Lipinski definition) is 2. The minimum absolute atomic E-state index is 0.103. The van der Waals surface area contributed by atoms with Gasteiger partial charge in [0.25, 0.3) is 5.69 Å². The minimum atomic E-state index is -0.816. The van der Waals surface area contributed by atoms with Crippen molar-refractivity contribution in [3.05, 3.63) is 39.9 Å². The largest absolute Gasteiger partial charge is 0.389 e. The van der Waals surface area contributed by atoms with Gasteiger partial charge in [-0.3, -0.25) is 10.1 Å². The van der Waals surface area contributed by atoms with Crippen LogP contribution >= 0.6 is 0 Å². The van der Waals surface area contributed by atoms with Crippen LogP contribution in [0.15, 0.2) is 24.3 Å². The van der Waals surface area contributed by atoms with Crippen LogP contribution in [0.4, 0.5) is 5.69 Å². The lowest BCUT2D eigenvalue weighted by Gasteiger charge is -2.17. The molecule has 0 atom stereocenters. The molecule has 1 rings (SSSR count). The first kappa shape index (κ1) is 12.6. The standard InChI is InChI=1S/C11H16N2O3/c1-11(2,14)8-12-7-9-5-3-4-6-10(9)13(15)16/h3-6,12,14H,7-8H2,1-2H3. The number of nitro benzene ring substituents is 1. The van der Waals surface area contributed by atoms with Gasteiger partial charge in [0.1, 0.15) is 0 Å². The molecule has 5 nitrogen and oxygen atoms in total. The highest BCUT2D eigenvalue weighted by atomic mass is 16.6. The molecule has 0 aliphatic carbocycles. The summed E-state index contributed by atoms with van der Waals surface area (Å²) in [5.41, 5.74) is -0.0914. The Bertz CT molecular complexity index is 372. The third kappa shape index (κ3) is 3.96. The number of para-hydroxylation sites is 1. The molecule has 1 aromatic rings. The van der Waals surface area contributed by atoms with Crippen LogP contribution in [0, 0.1) is 10.1 Å². The lowest BCUT2D eigenvalue weighted by atomic mass is 10.1. The zero-order valence-corrected chi connectivity index (χ0v) is 9.43. The Morgan fingerprint density at radius 2 is 2.06 bits per heavy atom. The zero-order chi connectivity index (χ0) is 12.2. The quantitative estimate of drug-likeness (QED) is 0.586. The van der Waals surface area contributed by atoms with Gasteiger partial charge in [0, 0.05) is 24.7 Å². The van der Waals surface area contributed by atoms with E-state index in [1.54, 1.807) is 32.0 Å². The Morgan fingerprint density at radius 3 is 2.62 bits per heavy atom. The summed E-state index contributed by atoms with van der Waals surface area (Å²) in [6, 6.07) is 6.57. The topological polar surface area (TPSA) is 75.4 Å². The number of nitrogens with one attached hydrogen (secondary N) is 1. The van der Waals surface area contributed by atoms with Crippen molar-refractivity contribution >= 4 is 5.69 Å². The maximum Gasteiger partial charge on any atom is 0.273 e. The second kappa shape index (κ2) is 5.05. The van der Waals surface area contributed by atoms with E-state index in [0.717, 1.165) is 0 Å². The molecule has 0 aromatic heterocycles. The van der Waals surface area contributed by atoms with Gasteiger partial charge in [0.15, 0.2) is 0 Å². The number of nitrogens with zero attached hydrogens (tertiary/aromatic N) is 1. The van der Waals surface area contributed by atoms with Gasteiger partial charge in [0.05, 0.1) is 10.5 Å². The Labute approximate surface area is 94.3 Å². The van der Waals surface area contributed by atoms with E-state index >= 15 is 0 Å². The van der Waals surface area contributed by atoms with Crippen LogP contribution in [0.1, 0.15) is 19.4 Å². The second-order valence-electron chi connectivity index (χ2n) is 4.30. The highest BCUT2D eigenvalue weighted by molar-refractivity contribution is 5.39. The Morgan fingerprint density at radius 1 is 1.44 bits per heavy atom.